The lowest BCUT2D eigenvalue weighted by Crippen LogP contribution is -2.33. The van der Waals surface area contributed by atoms with Crippen molar-refractivity contribution in [2.24, 2.45) is 0 Å². The SMILES string of the molecule is CN1C(=O)CNC1O. The van der Waals surface area contributed by atoms with Crippen LogP contribution in [0.2, 0.25) is 0 Å². The van der Waals surface area contributed by atoms with Gasteiger partial charge in [-0.2, -0.15) is 0 Å². The van der Waals surface area contributed by atoms with Crippen molar-refractivity contribution < 1.29 is 9.90 Å². The second-order valence-electron chi connectivity index (χ2n) is 1.76. The van der Waals surface area contributed by atoms with E-state index < -0.39 is 6.35 Å². The van der Waals surface area contributed by atoms with Gasteiger partial charge in [-0.25, -0.2) is 0 Å². The Kier molecular flexibility index (Phi) is 1.19. The van der Waals surface area contributed by atoms with E-state index in [0.29, 0.717) is 0 Å². The van der Waals surface area contributed by atoms with Crippen LogP contribution in [0.25, 0.3) is 0 Å². The molecule has 1 rings (SSSR count). The molecule has 4 nitrogen and oxygen atoms in total. The van der Waals surface area contributed by atoms with Crippen molar-refractivity contribution in [2.75, 3.05) is 13.6 Å². The zero-order chi connectivity index (χ0) is 6.15. The monoisotopic (exact) mass is 116 g/mol. The molecule has 0 aliphatic carbocycles. The lowest BCUT2D eigenvalue weighted by atomic mass is 10.6. The van der Waals surface area contributed by atoms with Crippen molar-refractivity contribution in [1.82, 2.24) is 10.2 Å². The Hall–Kier alpha value is -0.610. The predicted molar refractivity (Wildman–Crippen MR) is 26.8 cm³/mol. The smallest absolute Gasteiger partial charge is 0.239 e. The Morgan fingerprint density at radius 1 is 2.00 bits per heavy atom. The van der Waals surface area contributed by atoms with Gasteiger partial charge in [-0.15, -0.1) is 0 Å². The lowest BCUT2D eigenvalue weighted by molar-refractivity contribution is -0.130. The van der Waals surface area contributed by atoms with Crippen LogP contribution in [0, 0.1) is 0 Å². The normalized spacial score (nSPS) is 29.5. The summed E-state index contributed by atoms with van der Waals surface area (Å²) in [6, 6.07) is 0. The van der Waals surface area contributed by atoms with E-state index in [2.05, 4.69) is 5.32 Å². The van der Waals surface area contributed by atoms with Gasteiger partial charge in [-0.3, -0.25) is 10.1 Å². The number of hydrogen-bond acceptors (Lipinski definition) is 3. The van der Waals surface area contributed by atoms with Gasteiger partial charge in [-0.1, -0.05) is 0 Å². The van der Waals surface area contributed by atoms with Crippen LogP contribution in [-0.4, -0.2) is 35.9 Å². The number of carbonyl (C=O) groups excluding carboxylic acids is 1. The number of amides is 1. The lowest BCUT2D eigenvalue weighted by Gasteiger charge is -2.11. The van der Waals surface area contributed by atoms with Crippen molar-refractivity contribution in [1.29, 1.82) is 0 Å². The fraction of sp³-hybridized carbons (Fsp3) is 0.750. The van der Waals surface area contributed by atoms with Crippen LogP contribution in [0.4, 0.5) is 0 Å². The minimum Gasteiger partial charge on any atom is -0.361 e. The molecule has 0 saturated carbocycles. The summed E-state index contributed by atoms with van der Waals surface area (Å²) in [6.45, 7) is 0.248. The van der Waals surface area contributed by atoms with Gasteiger partial charge in [0.2, 0.25) is 5.91 Å². The van der Waals surface area contributed by atoms with E-state index in [0.717, 1.165) is 0 Å². The fourth-order valence-electron chi connectivity index (χ4n) is 0.577. The number of nitrogens with zero attached hydrogens (tertiary/aromatic N) is 1. The second kappa shape index (κ2) is 1.72. The molecule has 0 aromatic rings. The maximum absolute atomic E-state index is 10.5. The standard InChI is InChI=1S/C4H8N2O2/c1-6-3(7)2-5-4(6)8/h4-5,8H,2H2,1H3. The number of carbonyl (C=O) groups is 1. The zero-order valence-electron chi connectivity index (χ0n) is 4.59. The quantitative estimate of drug-likeness (QED) is 0.397. The van der Waals surface area contributed by atoms with Crippen LogP contribution in [0.1, 0.15) is 0 Å². The molecule has 1 atom stereocenters. The molecule has 0 aromatic heterocycles. The number of aliphatic hydroxyl groups excluding tert-OH is 1. The van der Waals surface area contributed by atoms with E-state index in [9.17, 15) is 4.79 Å². The van der Waals surface area contributed by atoms with E-state index in [1.165, 1.54) is 4.90 Å². The molecule has 0 aromatic carbocycles. The molecule has 0 bridgehead atoms. The van der Waals surface area contributed by atoms with E-state index >= 15 is 0 Å². The highest BCUT2D eigenvalue weighted by Crippen LogP contribution is 1.95. The van der Waals surface area contributed by atoms with Crippen molar-refractivity contribution in [3.05, 3.63) is 0 Å². The molecule has 2 N–H and O–H groups in total. The van der Waals surface area contributed by atoms with Gasteiger partial charge in [0.15, 0.2) is 6.35 Å². The van der Waals surface area contributed by atoms with E-state index in [4.69, 9.17) is 5.11 Å². The topological polar surface area (TPSA) is 52.6 Å². The summed E-state index contributed by atoms with van der Waals surface area (Å²) in [5.41, 5.74) is 0. The third kappa shape index (κ3) is 0.677. The van der Waals surface area contributed by atoms with Crippen molar-refractivity contribution in [2.45, 2.75) is 6.35 Å². The Balaban J connectivity index is 2.56. The average Bonchev–Trinajstić information content (AvgIpc) is 1.98. The minimum absolute atomic E-state index is 0.0718. The number of nitrogens with one attached hydrogen (secondary N) is 1. The van der Waals surface area contributed by atoms with Crippen LogP contribution < -0.4 is 5.32 Å². The first-order chi connectivity index (χ1) is 3.72. The van der Waals surface area contributed by atoms with E-state index in [1.807, 2.05) is 0 Å². The molecule has 1 unspecified atom stereocenters. The molecule has 0 spiro atoms. The maximum atomic E-state index is 10.5. The molecular weight excluding hydrogens is 108 g/mol. The Morgan fingerprint density at radius 2 is 2.62 bits per heavy atom. The van der Waals surface area contributed by atoms with Crippen molar-refractivity contribution in [3.63, 3.8) is 0 Å². The summed E-state index contributed by atoms with van der Waals surface area (Å²) in [5, 5.41) is 11.3. The number of hydrogen-bond donors (Lipinski definition) is 2. The minimum atomic E-state index is -0.775. The summed E-state index contributed by atoms with van der Waals surface area (Å²) < 4.78 is 0. The van der Waals surface area contributed by atoms with Gasteiger partial charge in [-0.05, 0) is 0 Å². The molecule has 4 heteroatoms. The van der Waals surface area contributed by atoms with E-state index in [1.54, 1.807) is 7.05 Å². The highest BCUT2D eigenvalue weighted by Gasteiger charge is 2.23. The van der Waals surface area contributed by atoms with Crippen LogP contribution >= 0.6 is 0 Å². The first-order valence-electron chi connectivity index (χ1n) is 2.39. The third-order valence-corrected chi connectivity index (χ3v) is 1.20. The molecule has 1 fully saturated rings. The highest BCUT2D eigenvalue weighted by molar-refractivity contribution is 5.79. The molecule has 1 saturated heterocycles. The number of rotatable bonds is 0. The molecule has 1 aliphatic heterocycles. The molecule has 1 heterocycles. The summed E-state index contributed by atoms with van der Waals surface area (Å²) in [4.78, 5) is 11.7. The van der Waals surface area contributed by atoms with Gasteiger partial charge in [0.05, 0.1) is 6.54 Å². The molecule has 0 radical (unpaired) electrons. The van der Waals surface area contributed by atoms with Crippen LogP contribution in [-0.2, 0) is 4.79 Å². The Bertz CT molecular complexity index is 115. The summed E-state index contributed by atoms with van der Waals surface area (Å²) in [7, 11) is 1.55. The largest absolute Gasteiger partial charge is 0.361 e. The second-order valence-corrected chi connectivity index (χ2v) is 1.76. The third-order valence-electron chi connectivity index (χ3n) is 1.20. The van der Waals surface area contributed by atoms with Gasteiger partial charge in [0.1, 0.15) is 0 Å². The number of likely N-dealkylation sites (N-methyl/N-ethyl adjacent to an activating group) is 1. The Labute approximate surface area is 47.1 Å². The molecule has 1 aliphatic rings. The molecule has 8 heavy (non-hydrogen) atoms. The molecule has 46 valence electrons. The van der Waals surface area contributed by atoms with Gasteiger partial charge < -0.3 is 10.0 Å². The van der Waals surface area contributed by atoms with E-state index in [-0.39, 0.29) is 12.5 Å². The van der Waals surface area contributed by atoms with Gasteiger partial charge >= 0.3 is 0 Å². The van der Waals surface area contributed by atoms with Crippen LogP contribution in [0.3, 0.4) is 0 Å². The summed E-state index contributed by atoms with van der Waals surface area (Å²) >= 11 is 0. The molecule has 1 amide bonds. The average molecular weight is 116 g/mol. The first-order valence-corrected chi connectivity index (χ1v) is 2.39. The summed E-state index contributed by atoms with van der Waals surface area (Å²) in [5.74, 6) is -0.0718. The Morgan fingerprint density at radius 3 is 2.75 bits per heavy atom. The zero-order valence-corrected chi connectivity index (χ0v) is 4.59. The highest BCUT2D eigenvalue weighted by atomic mass is 16.3. The number of aliphatic hydroxyl groups is 1. The van der Waals surface area contributed by atoms with Crippen molar-refractivity contribution in [3.8, 4) is 0 Å². The van der Waals surface area contributed by atoms with Gasteiger partial charge in [0, 0.05) is 7.05 Å². The fourth-order valence-corrected chi connectivity index (χ4v) is 0.577. The van der Waals surface area contributed by atoms with Crippen LogP contribution in [0.5, 0.6) is 0 Å². The first kappa shape index (κ1) is 5.53. The van der Waals surface area contributed by atoms with Crippen molar-refractivity contribution >= 4 is 5.91 Å². The maximum Gasteiger partial charge on any atom is 0.239 e. The predicted octanol–water partition coefficient (Wildman–Crippen LogP) is -1.68. The van der Waals surface area contributed by atoms with Gasteiger partial charge in [0.25, 0.3) is 0 Å². The summed E-state index contributed by atoms with van der Waals surface area (Å²) in [6.07, 6.45) is -0.775. The van der Waals surface area contributed by atoms with Crippen LogP contribution in [0.15, 0.2) is 0 Å². The molecular formula is C4H8N2O2.